The highest BCUT2D eigenvalue weighted by Crippen LogP contribution is 2.30. The number of rotatable bonds is 5. The van der Waals surface area contributed by atoms with Crippen molar-refractivity contribution in [1.82, 2.24) is 10.2 Å². The molecule has 1 unspecified atom stereocenters. The molecule has 106 valence electrons. The normalized spacial score (nSPS) is 27.2. The van der Waals surface area contributed by atoms with Crippen LogP contribution in [0.3, 0.4) is 0 Å². The summed E-state index contributed by atoms with van der Waals surface area (Å²) in [5, 5.41) is 3.52. The smallest absolute Gasteiger partial charge is 0.226 e. The van der Waals surface area contributed by atoms with Gasteiger partial charge in [0.25, 0.3) is 0 Å². The predicted octanol–water partition coefficient (Wildman–Crippen LogP) is 2.62. The summed E-state index contributed by atoms with van der Waals surface area (Å²) < 4.78 is 0. The maximum absolute atomic E-state index is 12.5. The second-order valence-electron chi connectivity index (χ2n) is 6.36. The second kappa shape index (κ2) is 6.08. The molecule has 1 aliphatic heterocycles. The van der Waals surface area contributed by atoms with E-state index >= 15 is 0 Å². The van der Waals surface area contributed by atoms with Crippen LogP contribution in [0.5, 0.6) is 0 Å². The van der Waals surface area contributed by atoms with Crippen molar-refractivity contribution in [2.45, 2.75) is 69.9 Å². The molecule has 3 heteroatoms. The monoisotopic (exact) mass is 262 g/mol. The van der Waals surface area contributed by atoms with Crippen LogP contribution in [0, 0.1) is 0 Å². The standard InChI is InChI=1S/C16H26N2O/c19-16(11-13-5-2-1-3-6-13)18(15-8-9-15)12-14-7-4-10-17-14/h5,14-15,17H,1-4,6-12H2. The van der Waals surface area contributed by atoms with Gasteiger partial charge in [0.2, 0.25) is 5.91 Å². The molecule has 0 aromatic rings. The number of hydrogen-bond acceptors (Lipinski definition) is 2. The fourth-order valence-corrected chi connectivity index (χ4v) is 3.35. The quantitative estimate of drug-likeness (QED) is 0.772. The van der Waals surface area contributed by atoms with E-state index in [0.29, 0.717) is 24.4 Å². The van der Waals surface area contributed by atoms with Crippen LogP contribution in [0.2, 0.25) is 0 Å². The minimum absolute atomic E-state index is 0.379. The van der Waals surface area contributed by atoms with Crippen molar-refractivity contribution in [2.24, 2.45) is 0 Å². The van der Waals surface area contributed by atoms with Gasteiger partial charge in [0.05, 0.1) is 0 Å². The number of nitrogens with zero attached hydrogens (tertiary/aromatic N) is 1. The van der Waals surface area contributed by atoms with Crippen LogP contribution in [-0.2, 0) is 4.79 Å². The number of nitrogens with one attached hydrogen (secondary N) is 1. The van der Waals surface area contributed by atoms with Crippen molar-refractivity contribution in [3.63, 3.8) is 0 Å². The number of allylic oxidation sites excluding steroid dienone is 1. The highest BCUT2D eigenvalue weighted by Gasteiger charge is 2.34. The van der Waals surface area contributed by atoms with Gasteiger partial charge >= 0.3 is 0 Å². The first-order valence-electron chi connectivity index (χ1n) is 8.03. The molecule has 3 aliphatic rings. The summed E-state index contributed by atoms with van der Waals surface area (Å²) in [6.07, 6.45) is 12.8. The van der Waals surface area contributed by atoms with E-state index < -0.39 is 0 Å². The van der Waals surface area contributed by atoms with Crippen LogP contribution in [0.15, 0.2) is 11.6 Å². The molecule has 1 saturated heterocycles. The average Bonchev–Trinajstić information content (AvgIpc) is 3.14. The summed E-state index contributed by atoms with van der Waals surface area (Å²) in [4.78, 5) is 14.7. The average molecular weight is 262 g/mol. The highest BCUT2D eigenvalue weighted by atomic mass is 16.2. The first kappa shape index (κ1) is 13.2. The molecule has 0 radical (unpaired) electrons. The molecule has 2 fully saturated rings. The SMILES string of the molecule is O=C(CC1=CCCCC1)N(CC1CCCN1)C1CC1. The van der Waals surface area contributed by atoms with Crippen LogP contribution < -0.4 is 5.32 Å². The van der Waals surface area contributed by atoms with Gasteiger partial charge in [-0.2, -0.15) is 0 Å². The molecular weight excluding hydrogens is 236 g/mol. The molecule has 0 spiro atoms. The van der Waals surface area contributed by atoms with Crippen LogP contribution in [0.1, 0.15) is 57.8 Å². The highest BCUT2D eigenvalue weighted by molar-refractivity contribution is 5.79. The lowest BCUT2D eigenvalue weighted by Crippen LogP contribution is -2.42. The van der Waals surface area contributed by atoms with Gasteiger partial charge in [-0.05, 0) is 57.9 Å². The lowest BCUT2D eigenvalue weighted by atomic mass is 9.96. The minimum Gasteiger partial charge on any atom is -0.338 e. The van der Waals surface area contributed by atoms with Crippen molar-refractivity contribution in [3.05, 3.63) is 11.6 Å². The summed E-state index contributed by atoms with van der Waals surface area (Å²) in [6.45, 7) is 2.07. The van der Waals surface area contributed by atoms with Gasteiger partial charge in [-0.15, -0.1) is 0 Å². The van der Waals surface area contributed by atoms with Crippen LogP contribution in [-0.4, -0.2) is 36.0 Å². The molecule has 19 heavy (non-hydrogen) atoms. The van der Waals surface area contributed by atoms with Crippen molar-refractivity contribution < 1.29 is 4.79 Å². The van der Waals surface area contributed by atoms with Gasteiger partial charge in [-0.3, -0.25) is 4.79 Å². The Labute approximate surface area is 116 Å². The van der Waals surface area contributed by atoms with Gasteiger partial charge in [-0.25, -0.2) is 0 Å². The molecule has 2 aliphatic carbocycles. The third-order valence-corrected chi connectivity index (χ3v) is 4.65. The number of amides is 1. The molecule has 3 nitrogen and oxygen atoms in total. The van der Waals surface area contributed by atoms with Crippen LogP contribution in [0.4, 0.5) is 0 Å². The molecular formula is C16H26N2O. The van der Waals surface area contributed by atoms with E-state index in [4.69, 9.17) is 0 Å². The first-order valence-corrected chi connectivity index (χ1v) is 8.03. The van der Waals surface area contributed by atoms with Gasteiger partial charge in [-0.1, -0.05) is 11.6 Å². The number of carbonyl (C=O) groups excluding carboxylic acids is 1. The Hall–Kier alpha value is -0.830. The molecule has 1 amide bonds. The lowest BCUT2D eigenvalue weighted by molar-refractivity contribution is -0.131. The molecule has 1 saturated carbocycles. The van der Waals surface area contributed by atoms with E-state index in [9.17, 15) is 4.79 Å². The van der Waals surface area contributed by atoms with Gasteiger partial charge in [0, 0.05) is 25.0 Å². The zero-order valence-corrected chi connectivity index (χ0v) is 11.9. The Morgan fingerprint density at radius 3 is 2.79 bits per heavy atom. The molecule has 1 atom stereocenters. The summed E-state index contributed by atoms with van der Waals surface area (Å²) >= 11 is 0. The fraction of sp³-hybridized carbons (Fsp3) is 0.812. The lowest BCUT2D eigenvalue weighted by Gasteiger charge is -2.27. The summed E-state index contributed by atoms with van der Waals surface area (Å²) in [7, 11) is 0. The maximum atomic E-state index is 12.5. The van der Waals surface area contributed by atoms with Gasteiger partial charge in [0.1, 0.15) is 0 Å². The Bertz CT molecular complexity index is 354. The Morgan fingerprint density at radius 1 is 1.26 bits per heavy atom. The van der Waals surface area contributed by atoms with Crippen molar-refractivity contribution in [2.75, 3.05) is 13.1 Å². The molecule has 0 bridgehead atoms. The first-order chi connectivity index (χ1) is 9.33. The summed E-state index contributed by atoms with van der Waals surface area (Å²) in [5.74, 6) is 0.379. The molecule has 1 heterocycles. The fourth-order valence-electron chi connectivity index (χ4n) is 3.35. The van der Waals surface area contributed by atoms with Crippen molar-refractivity contribution in [3.8, 4) is 0 Å². The second-order valence-corrected chi connectivity index (χ2v) is 6.36. The van der Waals surface area contributed by atoms with E-state index in [1.54, 1.807) is 0 Å². The molecule has 3 rings (SSSR count). The van der Waals surface area contributed by atoms with Gasteiger partial charge < -0.3 is 10.2 Å². The maximum Gasteiger partial charge on any atom is 0.226 e. The zero-order valence-electron chi connectivity index (χ0n) is 11.9. The predicted molar refractivity (Wildman–Crippen MR) is 76.9 cm³/mol. The van der Waals surface area contributed by atoms with E-state index in [1.165, 1.54) is 50.5 Å². The molecule has 1 N–H and O–H groups in total. The molecule has 0 aromatic carbocycles. The third-order valence-electron chi connectivity index (χ3n) is 4.65. The minimum atomic E-state index is 0.379. The van der Waals surface area contributed by atoms with E-state index in [-0.39, 0.29) is 0 Å². The Kier molecular flexibility index (Phi) is 4.21. The number of hydrogen-bond donors (Lipinski definition) is 1. The summed E-state index contributed by atoms with van der Waals surface area (Å²) in [6, 6.07) is 1.10. The van der Waals surface area contributed by atoms with E-state index in [0.717, 1.165) is 19.5 Å². The van der Waals surface area contributed by atoms with Crippen LogP contribution >= 0.6 is 0 Å². The van der Waals surface area contributed by atoms with Crippen LogP contribution in [0.25, 0.3) is 0 Å². The largest absolute Gasteiger partial charge is 0.338 e. The number of carbonyl (C=O) groups is 1. The summed E-state index contributed by atoms with van der Waals surface area (Å²) in [5.41, 5.74) is 1.39. The third kappa shape index (κ3) is 3.59. The van der Waals surface area contributed by atoms with Crippen molar-refractivity contribution >= 4 is 5.91 Å². The Morgan fingerprint density at radius 2 is 2.16 bits per heavy atom. The van der Waals surface area contributed by atoms with Gasteiger partial charge in [0.15, 0.2) is 0 Å². The Balaban J connectivity index is 1.56. The van der Waals surface area contributed by atoms with E-state index in [1.807, 2.05) is 0 Å². The topological polar surface area (TPSA) is 32.3 Å². The van der Waals surface area contributed by atoms with Crippen molar-refractivity contribution in [1.29, 1.82) is 0 Å². The molecule has 0 aromatic heterocycles. The zero-order chi connectivity index (χ0) is 13.1. The van der Waals surface area contributed by atoms with E-state index in [2.05, 4.69) is 16.3 Å².